The smallest absolute Gasteiger partial charge is 0.293 e. The van der Waals surface area contributed by atoms with E-state index in [1.165, 1.54) is 11.6 Å². The Kier molecular flexibility index (Phi) is 7.14. The normalized spacial score (nSPS) is 17.6. The summed E-state index contributed by atoms with van der Waals surface area (Å²) < 4.78 is 5.28. The van der Waals surface area contributed by atoms with Crippen molar-refractivity contribution in [1.82, 2.24) is 9.80 Å². The summed E-state index contributed by atoms with van der Waals surface area (Å²) in [7, 11) is 0. The van der Waals surface area contributed by atoms with Crippen LogP contribution in [0.5, 0.6) is 0 Å². The van der Waals surface area contributed by atoms with Gasteiger partial charge in [0.2, 0.25) is 0 Å². The minimum atomic E-state index is -0.388. The molecule has 0 unspecified atom stereocenters. The number of hydrogen-bond donors (Lipinski definition) is 0. The number of carbonyl (C=O) groups excluding carboxylic acids is 1. The molecule has 0 N–H and O–H groups in total. The second-order valence-electron chi connectivity index (χ2n) is 7.97. The Bertz CT molecular complexity index is 965. The van der Waals surface area contributed by atoms with E-state index in [-0.39, 0.29) is 16.5 Å². The third-order valence-corrected chi connectivity index (χ3v) is 5.90. The molecule has 2 aromatic carbocycles. The van der Waals surface area contributed by atoms with E-state index in [0.717, 1.165) is 19.6 Å². The molecule has 4 rings (SSSR count). The van der Waals surface area contributed by atoms with E-state index < -0.39 is 0 Å². The van der Waals surface area contributed by atoms with Gasteiger partial charge in [-0.25, -0.2) is 0 Å². The van der Waals surface area contributed by atoms with E-state index in [1.54, 1.807) is 17.0 Å². The Morgan fingerprint density at radius 3 is 2.41 bits per heavy atom. The number of amides is 1. The Balaban J connectivity index is 1.38. The second-order valence-corrected chi connectivity index (χ2v) is 7.97. The molecule has 1 amide bonds. The molecular formula is C24H28N4O4. The van der Waals surface area contributed by atoms with E-state index in [2.05, 4.69) is 29.2 Å². The molecule has 0 bridgehead atoms. The van der Waals surface area contributed by atoms with Crippen LogP contribution in [0.15, 0.2) is 54.6 Å². The molecule has 8 nitrogen and oxygen atoms in total. The molecule has 32 heavy (non-hydrogen) atoms. The topological polar surface area (TPSA) is 79.2 Å². The number of hydrogen-bond acceptors (Lipinski definition) is 6. The Morgan fingerprint density at radius 2 is 1.72 bits per heavy atom. The average Bonchev–Trinajstić information content (AvgIpc) is 2.85. The molecule has 168 valence electrons. The maximum Gasteiger partial charge on any atom is 0.293 e. The zero-order chi connectivity index (χ0) is 22.3. The molecule has 2 aliphatic rings. The molecule has 2 fully saturated rings. The summed E-state index contributed by atoms with van der Waals surface area (Å²) in [5.74, 6) is -0.182. The van der Waals surface area contributed by atoms with Crippen LogP contribution in [-0.4, -0.2) is 79.7 Å². The molecule has 0 saturated carbocycles. The highest BCUT2D eigenvalue weighted by atomic mass is 16.6. The van der Waals surface area contributed by atoms with Crippen LogP contribution in [0.4, 0.5) is 11.4 Å². The highest BCUT2D eigenvalue weighted by Crippen LogP contribution is 2.30. The van der Waals surface area contributed by atoms with Crippen LogP contribution in [-0.2, 0) is 4.74 Å². The largest absolute Gasteiger partial charge is 0.378 e. The summed E-state index contributed by atoms with van der Waals surface area (Å²) in [6.45, 7) is 5.92. The number of nitro groups is 1. The van der Waals surface area contributed by atoms with Crippen LogP contribution in [0.3, 0.4) is 0 Å². The number of nitrogens with zero attached hydrogens (tertiary/aromatic N) is 4. The summed E-state index contributed by atoms with van der Waals surface area (Å²) in [5.41, 5.74) is 2.09. The summed E-state index contributed by atoms with van der Waals surface area (Å²) in [6.07, 6.45) is 4.26. The Hall–Kier alpha value is -3.23. The van der Waals surface area contributed by atoms with Gasteiger partial charge < -0.3 is 14.5 Å². The van der Waals surface area contributed by atoms with Gasteiger partial charge in [-0.3, -0.25) is 19.8 Å². The van der Waals surface area contributed by atoms with E-state index in [1.807, 2.05) is 23.1 Å². The van der Waals surface area contributed by atoms with Crippen LogP contribution in [0.2, 0.25) is 0 Å². The maximum absolute atomic E-state index is 12.7. The number of ether oxygens (including phenoxy) is 1. The van der Waals surface area contributed by atoms with Crippen molar-refractivity contribution in [2.45, 2.75) is 0 Å². The fourth-order valence-electron chi connectivity index (χ4n) is 4.09. The third-order valence-electron chi connectivity index (χ3n) is 5.90. The molecule has 0 aromatic heterocycles. The monoisotopic (exact) mass is 436 g/mol. The zero-order valence-electron chi connectivity index (χ0n) is 18.1. The highest BCUT2D eigenvalue weighted by molar-refractivity contribution is 5.96. The van der Waals surface area contributed by atoms with Gasteiger partial charge in [0, 0.05) is 57.4 Å². The minimum absolute atomic E-state index is 0.0125. The quantitative estimate of drug-likeness (QED) is 0.512. The van der Waals surface area contributed by atoms with Gasteiger partial charge in [0.15, 0.2) is 0 Å². The first-order valence-corrected chi connectivity index (χ1v) is 11.0. The van der Waals surface area contributed by atoms with Gasteiger partial charge in [0.25, 0.3) is 11.6 Å². The van der Waals surface area contributed by atoms with Gasteiger partial charge in [-0.15, -0.1) is 0 Å². The van der Waals surface area contributed by atoms with E-state index >= 15 is 0 Å². The number of rotatable bonds is 6. The second kappa shape index (κ2) is 10.4. The molecule has 0 atom stereocenters. The predicted octanol–water partition coefficient (Wildman–Crippen LogP) is 2.90. The van der Waals surface area contributed by atoms with E-state index in [9.17, 15) is 14.9 Å². The van der Waals surface area contributed by atoms with Gasteiger partial charge in [0.1, 0.15) is 5.69 Å². The Morgan fingerprint density at radius 1 is 1.00 bits per heavy atom. The molecule has 0 spiro atoms. The number of piperazine rings is 1. The molecule has 2 saturated heterocycles. The van der Waals surface area contributed by atoms with Gasteiger partial charge >= 0.3 is 0 Å². The first kappa shape index (κ1) is 22.0. The van der Waals surface area contributed by atoms with Crippen molar-refractivity contribution < 1.29 is 14.5 Å². The lowest BCUT2D eigenvalue weighted by Gasteiger charge is -2.35. The van der Waals surface area contributed by atoms with Gasteiger partial charge in [0.05, 0.1) is 18.1 Å². The van der Waals surface area contributed by atoms with Crippen molar-refractivity contribution in [2.24, 2.45) is 0 Å². The van der Waals surface area contributed by atoms with Gasteiger partial charge in [-0.2, -0.15) is 0 Å². The minimum Gasteiger partial charge on any atom is -0.378 e. The van der Waals surface area contributed by atoms with Crippen molar-refractivity contribution >= 4 is 23.4 Å². The number of anilines is 1. The number of nitro benzene ring substituents is 1. The van der Waals surface area contributed by atoms with Crippen LogP contribution < -0.4 is 4.90 Å². The molecule has 0 aliphatic carbocycles. The molecule has 2 heterocycles. The van der Waals surface area contributed by atoms with Crippen molar-refractivity contribution in [3.05, 3.63) is 75.8 Å². The van der Waals surface area contributed by atoms with Gasteiger partial charge in [-0.05, 0) is 17.7 Å². The molecule has 2 aromatic rings. The highest BCUT2D eigenvalue weighted by Gasteiger charge is 2.26. The van der Waals surface area contributed by atoms with Crippen molar-refractivity contribution in [3.8, 4) is 0 Å². The lowest BCUT2D eigenvalue weighted by atomic mass is 10.1. The summed E-state index contributed by atoms with van der Waals surface area (Å²) in [5, 5.41) is 11.8. The fraction of sp³-hybridized carbons (Fsp3) is 0.375. The molecule has 2 aliphatic heterocycles. The number of morpholine rings is 1. The summed E-state index contributed by atoms with van der Waals surface area (Å²) in [4.78, 5) is 30.2. The van der Waals surface area contributed by atoms with Crippen LogP contribution in [0.25, 0.3) is 6.08 Å². The molecule has 8 heteroatoms. The fourth-order valence-corrected chi connectivity index (χ4v) is 4.09. The lowest BCUT2D eigenvalue weighted by molar-refractivity contribution is -0.384. The van der Waals surface area contributed by atoms with Crippen LogP contribution in [0, 0.1) is 10.1 Å². The SMILES string of the molecule is O=C(c1ccc(N2CCN(C/C=C/c3ccccc3)CC2)c([N+](=O)[O-])c1)N1CCOCC1. The lowest BCUT2D eigenvalue weighted by Crippen LogP contribution is -2.46. The zero-order valence-corrected chi connectivity index (χ0v) is 18.1. The average molecular weight is 437 g/mol. The van der Waals surface area contributed by atoms with Gasteiger partial charge in [-0.1, -0.05) is 42.5 Å². The van der Waals surface area contributed by atoms with E-state index in [4.69, 9.17) is 4.74 Å². The first-order chi connectivity index (χ1) is 15.6. The first-order valence-electron chi connectivity index (χ1n) is 11.0. The van der Waals surface area contributed by atoms with E-state index in [0.29, 0.717) is 50.6 Å². The predicted molar refractivity (Wildman–Crippen MR) is 124 cm³/mol. The standard InChI is InChI=1S/C24H28N4O4/c29-24(27-15-17-32-18-16-27)21-8-9-22(23(19-21)28(30)31)26-13-11-25(12-14-26)10-4-7-20-5-2-1-3-6-20/h1-9,19H,10-18H2/b7-4+. The third kappa shape index (κ3) is 5.33. The molecule has 0 radical (unpaired) electrons. The van der Waals surface area contributed by atoms with Crippen molar-refractivity contribution in [2.75, 3.05) is 63.9 Å². The number of benzene rings is 2. The van der Waals surface area contributed by atoms with Crippen LogP contribution >= 0.6 is 0 Å². The van der Waals surface area contributed by atoms with Crippen molar-refractivity contribution in [3.63, 3.8) is 0 Å². The summed E-state index contributed by atoms with van der Waals surface area (Å²) in [6, 6.07) is 15.0. The molecular weight excluding hydrogens is 408 g/mol. The van der Waals surface area contributed by atoms with Crippen LogP contribution in [0.1, 0.15) is 15.9 Å². The Labute approximate surface area is 187 Å². The number of carbonyl (C=O) groups is 1. The van der Waals surface area contributed by atoms with Crippen molar-refractivity contribution in [1.29, 1.82) is 0 Å². The summed E-state index contributed by atoms with van der Waals surface area (Å²) >= 11 is 0. The maximum atomic E-state index is 12.7.